The minimum Gasteiger partial charge on any atom is -0.313 e. The number of rotatable bonds is 3. The number of nitrogens with zero attached hydrogens (tertiary/aromatic N) is 1. The summed E-state index contributed by atoms with van der Waals surface area (Å²) in [6.45, 7) is 0. The standard InChI is InChI=1S/C15H18N2/c1-16-15(11-4-2-5-11)14-7-3-6-12-10-17-9-8-13(12)14/h3,6-11,15-16H,2,4-5H2,1H3. The third-order valence-corrected chi connectivity index (χ3v) is 3.98. The van der Waals surface area contributed by atoms with Crippen LogP contribution in [0.2, 0.25) is 0 Å². The molecular weight excluding hydrogens is 208 g/mol. The van der Waals surface area contributed by atoms with Gasteiger partial charge in [-0.05, 0) is 42.8 Å². The maximum Gasteiger partial charge on any atom is 0.0352 e. The lowest BCUT2D eigenvalue weighted by atomic mass is 9.76. The van der Waals surface area contributed by atoms with Crippen LogP contribution < -0.4 is 5.32 Å². The van der Waals surface area contributed by atoms with E-state index in [4.69, 9.17) is 0 Å². The predicted molar refractivity (Wildman–Crippen MR) is 70.9 cm³/mol. The number of aromatic nitrogens is 1. The van der Waals surface area contributed by atoms with Crippen LogP contribution in [0.1, 0.15) is 30.9 Å². The van der Waals surface area contributed by atoms with E-state index in [9.17, 15) is 0 Å². The first-order valence-corrected chi connectivity index (χ1v) is 6.40. The van der Waals surface area contributed by atoms with Gasteiger partial charge in [0.05, 0.1) is 0 Å². The molecule has 1 heterocycles. The maximum atomic E-state index is 4.20. The largest absolute Gasteiger partial charge is 0.313 e. The van der Waals surface area contributed by atoms with Gasteiger partial charge >= 0.3 is 0 Å². The fraction of sp³-hybridized carbons (Fsp3) is 0.400. The predicted octanol–water partition coefficient (Wildman–Crippen LogP) is 3.30. The average molecular weight is 226 g/mol. The molecule has 0 aliphatic heterocycles. The minimum atomic E-state index is 0.495. The Morgan fingerprint density at radius 1 is 1.29 bits per heavy atom. The highest BCUT2D eigenvalue weighted by atomic mass is 14.9. The Bertz CT molecular complexity index is 512. The van der Waals surface area contributed by atoms with Crippen LogP contribution in [-0.2, 0) is 0 Å². The fourth-order valence-electron chi connectivity index (χ4n) is 2.84. The van der Waals surface area contributed by atoms with Crippen LogP contribution in [0.15, 0.2) is 36.7 Å². The smallest absolute Gasteiger partial charge is 0.0352 e. The Kier molecular flexibility index (Phi) is 2.81. The van der Waals surface area contributed by atoms with Gasteiger partial charge in [-0.25, -0.2) is 0 Å². The molecule has 88 valence electrons. The molecule has 1 aromatic carbocycles. The van der Waals surface area contributed by atoms with Crippen molar-refractivity contribution in [1.82, 2.24) is 10.3 Å². The van der Waals surface area contributed by atoms with Crippen molar-refractivity contribution in [2.45, 2.75) is 25.3 Å². The van der Waals surface area contributed by atoms with Crippen molar-refractivity contribution in [1.29, 1.82) is 0 Å². The summed E-state index contributed by atoms with van der Waals surface area (Å²) < 4.78 is 0. The maximum absolute atomic E-state index is 4.20. The quantitative estimate of drug-likeness (QED) is 0.868. The molecule has 3 rings (SSSR count). The molecule has 1 unspecified atom stereocenters. The first kappa shape index (κ1) is 10.7. The zero-order valence-electron chi connectivity index (χ0n) is 10.2. The third kappa shape index (κ3) is 1.83. The third-order valence-electron chi connectivity index (χ3n) is 3.98. The van der Waals surface area contributed by atoms with E-state index in [1.54, 1.807) is 0 Å². The van der Waals surface area contributed by atoms with Gasteiger partial charge in [-0.2, -0.15) is 0 Å². The van der Waals surface area contributed by atoms with Gasteiger partial charge in [0.2, 0.25) is 0 Å². The number of hydrogen-bond acceptors (Lipinski definition) is 2. The van der Waals surface area contributed by atoms with Crippen LogP contribution in [0.5, 0.6) is 0 Å². The van der Waals surface area contributed by atoms with Gasteiger partial charge < -0.3 is 5.32 Å². The highest BCUT2D eigenvalue weighted by Crippen LogP contribution is 2.39. The van der Waals surface area contributed by atoms with Crippen molar-refractivity contribution in [2.24, 2.45) is 5.92 Å². The highest BCUT2D eigenvalue weighted by molar-refractivity contribution is 5.85. The Labute approximate surface area is 102 Å². The average Bonchev–Trinajstić information content (AvgIpc) is 2.33. The number of pyridine rings is 1. The van der Waals surface area contributed by atoms with Gasteiger partial charge in [-0.15, -0.1) is 0 Å². The molecule has 1 fully saturated rings. The SMILES string of the molecule is CNC(c1cccc2cnccc12)C1CCC1. The fourth-order valence-corrected chi connectivity index (χ4v) is 2.84. The molecule has 2 heteroatoms. The van der Waals surface area contributed by atoms with Crippen LogP contribution in [0.25, 0.3) is 10.8 Å². The summed E-state index contributed by atoms with van der Waals surface area (Å²) in [6.07, 6.45) is 7.93. The van der Waals surface area contributed by atoms with Crippen molar-refractivity contribution >= 4 is 10.8 Å². The number of fused-ring (bicyclic) bond motifs is 1. The van der Waals surface area contributed by atoms with E-state index in [2.05, 4.69) is 41.6 Å². The highest BCUT2D eigenvalue weighted by Gasteiger charge is 2.28. The number of benzene rings is 1. The molecule has 1 N–H and O–H groups in total. The van der Waals surface area contributed by atoms with E-state index >= 15 is 0 Å². The van der Waals surface area contributed by atoms with Crippen molar-refractivity contribution in [3.8, 4) is 0 Å². The Balaban J connectivity index is 2.08. The molecule has 1 aromatic heterocycles. The number of hydrogen-bond donors (Lipinski definition) is 1. The van der Waals surface area contributed by atoms with Crippen molar-refractivity contribution in [2.75, 3.05) is 7.05 Å². The molecule has 0 radical (unpaired) electrons. The lowest BCUT2D eigenvalue weighted by Gasteiger charge is -2.34. The van der Waals surface area contributed by atoms with Crippen LogP contribution >= 0.6 is 0 Å². The summed E-state index contributed by atoms with van der Waals surface area (Å²) >= 11 is 0. The summed E-state index contributed by atoms with van der Waals surface area (Å²) in [4.78, 5) is 4.20. The van der Waals surface area contributed by atoms with Crippen LogP contribution in [-0.4, -0.2) is 12.0 Å². The zero-order valence-corrected chi connectivity index (χ0v) is 10.2. The molecule has 0 bridgehead atoms. The monoisotopic (exact) mass is 226 g/mol. The van der Waals surface area contributed by atoms with E-state index in [0.717, 1.165) is 5.92 Å². The topological polar surface area (TPSA) is 24.9 Å². The van der Waals surface area contributed by atoms with Crippen molar-refractivity contribution in [3.63, 3.8) is 0 Å². The Morgan fingerprint density at radius 3 is 2.88 bits per heavy atom. The molecule has 0 saturated heterocycles. The van der Waals surface area contributed by atoms with Gasteiger partial charge in [0.1, 0.15) is 0 Å². The second-order valence-electron chi connectivity index (χ2n) is 4.90. The van der Waals surface area contributed by atoms with Gasteiger partial charge in [-0.1, -0.05) is 24.6 Å². The molecule has 0 spiro atoms. The van der Waals surface area contributed by atoms with E-state index in [0.29, 0.717) is 6.04 Å². The first-order chi connectivity index (χ1) is 8.40. The lowest BCUT2D eigenvalue weighted by Crippen LogP contribution is -2.29. The molecule has 2 nitrogen and oxygen atoms in total. The van der Waals surface area contributed by atoms with Gasteiger partial charge in [0.15, 0.2) is 0 Å². The van der Waals surface area contributed by atoms with Gasteiger partial charge in [0.25, 0.3) is 0 Å². The molecule has 17 heavy (non-hydrogen) atoms. The normalized spacial score (nSPS) is 17.9. The van der Waals surface area contributed by atoms with E-state index in [1.807, 2.05) is 12.4 Å². The zero-order chi connectivity index (χ0) is 11.7. The summed E-state index contributed by atoms with van der Waals surface area (Å²) in [5, 5.41) is 6.07. The van der Waals surface area contributed by atoms with Crippen molar-refractivity contribution < 1.29 is 0 Å². The van der Waals surface area contributed by atoms with Crippen LogP contribution in [0, 0.1) is 5.92 Å². The first-order valence-electron chi connectivity index (χ1n) is 6.40. The summed E-state index contributed by atoms with van der Waals surface area (Å²) in [7, 11) is 2.07. The second kappa shape index (κ2) is 4.46. The summed E-state index contributed by atoms with van der Waals surface area (Å²) in [5.74, 6) is 0.804. The Morgan fingerprint density at radius 2 is 2.18 bits per heavy atom. The van der Waals surface area contributed by atoms with Gasteiger partial charge in [-0.3, -0.25) is 4.98 Å². The molecule has 1 saturated carbocycles. The van der Waals surface area contributed by atoms with E-state index < -0.39 is 0 Å². The molecular formula is C15H18N2. The molecule has 2 aromatic rings. The van der Waals surface area contributed by atoms with Crippen LogP contribution in [0.3, 0.4) is 0 Å². The van der Waals surface area contributed by atoms with Gasteiger partial charge in [0, 0.05) is 23.8 Å². The second-order valence-corrected chi connectivity index (χ2v) is 4.90. The molecule has 0 amide bonds. The summed E-state index contributed by atoms with van der Waals surface area (Å²) in [6, 6.07) is 9.16. The number of nitrogens with one attached hydrogen (secondary N) is 1. The summed E-state index contributed by atoms with van der Waals surface area (Å²) in [5.41, 5.74) is 1.43. The van der Waals surface area contributed by atoms with Crippen molar-refractivity contribution in [3.05, 3.63) is 42.2 Å². The molecule has 1 aliphatic carbocycles. The molecule has 1 atom stereocenters. The molecule has 1 aliphatic rings. The van der Waals surface area contributed by atoms with E-state index in [-0.39, 0.29) is 0 Å². The van der Waals surface area contributed by atoms with Crippen LogP contribution in [0.4, 0.5) is 0 Å². The van der Waals surface area contributed by atoms with E-state index in [1.165, 1.54) is 35.6 Å². The Hall–Kier alpha value is -1.41. The minimum absolute atomic E-state index is 0.495. The lowest BCUT2D eigenvalue weighted by molar-refractivity contribution is 0.240.